The lowest BCUT2D eigenvalue weighted by molar-refractivity contribution is -0.114. The summed E-state index contributed by atoms with van der Waals surface area (Å²) in [7, 11) is 0. The van der Waals surface area contributed by atoms with Gasteiger partial charge in [0.05, 0.1) is 6.26 Å². The summed E-state index contributed by atoms with van der Waals surface area (Å²) in [6.45, 7) is 0. The van der Waals surface area contributed by atoms with Crippen LogP contribution in [0.4, 0.5) is 0 Å². The molecule has 0 atom stereocenters. The van der Waals surface area contributed by atoms with Crippen molar-refractivity contribution in [1.29, 1.82) is 0 Å². The third kappa shape index (κ3) is 1.55. The van der Waals surface area contributed by atoms with Crippen LogP contribution in [0.5, 0.6) is 11.5 Å². The number of carbonyl (C=O) groups excluding carboxylic acids is 1. The van der Waals surface area contributed by atoms with Gasteiger partial charge in [0.2, 0.25) is 0 Å². The Bertz CT molecular complexity index is 807. The van der Waals surface area contributed by atoms with Crippen molar-refractivity contribution in [3.05, 3.63) is 58.4 Å². The monoisotopic (exact) mass is 250 g/mol. The summed E-state index contributed by atoms with van der Waals surface area (Å²) in [5.41, 5.74) is 0.962. The molecule has 0 bridgehead atoms. The second-order valence-electron chi connectivity index (χ2n) is 4.59. The molecule has 2 aliphatic heterocycles. The Morgan fingerprint density at radius 3 is 2.89 bits per heavy atom. The minimum atomic E-state index is 0.0754. The van der Waals surface area contributed by atoms with Gasteiger partial charge in [0.15, 0.2) is 5.78 Å². The highest BCUT2D eigenvalue weighted by molar-refractivity contribution is 5.95. The van der Waals surface area contributed by atoms with Crippen LogP contribution in [0.15, 0.2) is 48.0 Å². The molecule has 1 aliphatic carbocycles. The number of hydrogen-bond donors (Lipinski definition) is 0. The molecule has 4 rings (SSSR count). The van der Waals surface area contributed by atoms with Gasteiger partial charge in [0.25, 0.3) is 0 Å². The molecule has 0 unspecified atom stereocenters. The summed E-state index contributed by atoms with van der Waals surface area (Å²) in [5.74, 6) is 2.29. The number of hydrogen-bond acceptors (Lipinski definition) is 3. The van der Waals surface area contributed by atoms with Crippen molar-refractivity contribution in [2.75, 3.05) is 0 Å². The Balaban J connectivity index is 2.02. The van der Waals surface area contributed by atoms with Crippen LogP contribution in [0.25, 0.3) is 12.2 Å². The van der Waals surface area contributed by atoms with E-state index >= 15 is 0 Å². The molecule has 1 aromatic rings. The highest BCUT2D eigenvalue weighted by Crippen LogP contribution is 2.25. The van der Waals surface area contributed by atoms with Gasteiger partial charge in [0.1, 0.15) is 17.3 Å². The Morgan fingerprint density at radius 1 is 1.05 bits per heavy atom. The van der Waals surface area contributed by atoms with E-state index in [9.17, 15) is 4.79 Å². The van der Waals surface area contributed by atoms with Gasteiger partial charge in [-0.3, -0.25) is 4.79 Å². The summed E-state index contributed by atoms with van der Waals surface area (Å²) < 4.78 is 11.3. The third-order valence-corrected chi connectivity index (χ3v) is 3.36. The maximum absolute atomic E-state index is 11.4. The Labute approximate surface area is 109 Å². The van der Waals surface area contributed by atoms with E-state index in [4.69, 9.17) is 9.47 Å². The lowest BCUT2D eigenvalue weighted by Crippen LogP contribution is -2.32. The first kappa shape index (κ1) is 10.4. The molecule has 0 saturated heterocycles. The van der Waals surface area contributed by atoms with Crippen LogP contribution in [0.2, 0.25) is 0 Å². The highest BCUT2D eigenvalue weighted by atomic mass is 16.5. The van der Waals surface area contributed by atoms with E-state index in [1.807, 2.05) is 30.4 Å². The van der Waals surface area contributed by atoms with Gasteiger partial charge in [-0.1, -0.05) is 6.08 Å². The van der Waals surface area contributed by atoms with E-state index in [1.54, 1.807) is 12.3 Å². The number of fused-ring (bicyclic) bond motifs is 4. The van der Waals surface area contributed by atoms with E-state index in [2.05, 4.69) is 6.08 Å². The number of benzene rings is 1. The van der Waals surface area contributed by atoms with Gasteiger partial charge >= 0.3 is 0 Å². The van der Waals surface area contributed by atoms with E-state index in [0.29, 0.717) is 12.2 Å². The van der Waals surface area contributed by atoms with Crippen LogP contribution in [-0.2, 0) is 4.79 Å². The molecule has 3 aliphatic rings. The van der Waals surface area contributed by atoms with Gasteiger partial charge in [-0.15, -0.1) is 0 Å². The molecule has 0 spiro atoms. The average Bonchev–Trinajstić information content (AvgIpc) is 2.45. The molecule has 2 heterocycles. The van der Waals surface area contributed by atoms with Crippen LogP contribution in [0.1, 0.15) is 6.42 Å². The first-order valence-corrected chi connectivity index (χ1v) is 6.12. The summed E-state index contributed by atoms with van der Waals surface area (Å²) in [4.78, 5) is 11.4. The normalized spacial score (nSPS) is 18.4. The fourth-order valence-electron chi connectivity index (χ4n) is 2.45. The van der Waals surface area contributed by atoms with Crippen molar-refractivity contribution >= 4 is 17.9 Å². The summed E-state index contributed by atoms with van der Waals surface area (Å²) in [5, 5.41) is 2.01. The first-order valence-electron chi connectivity index (χ1n) is 6.12. The number of ether oxygens (including phenoxy) is 2. The van der Waals surface area contributed by atoms with Crippen molar-refractivity contribution < 1.29 is 14.3 Å². The quantitative estimate of drug-likeness (QED) is 0.697. The second-order valence-corrected chi connectivity index (χ2v) is 4.59. The minimum absolute atomic E-state index is 0.0754. The van der Waals surface area contributed by atoms with Gasteiger partial charge < -0.3 is 9.47 Å². The average molecular weight is 250 g/mol. The fraction of sp³-hybridized carbons (Fsp3) is 0.0625. The van der Waals surface area contributed by atoms with Gasteiger partial charge in [-0.25, -0.2) is 0 Å². The maximum atomic E-state index is 11.4. The standard InChI is InChI=1S/C16H10O3/c17-11-4-3-10-8-13-12-2-1-7-18-14(12)5-6-15(13)19-16(10)9-11/h1-3,5-9H,4H2. The molecule has 0 amide bonds. The number of ketones is 1. The van der Waals surface area contributed by atoms with Crippen LogP contribution in [-0.4, -0.2) is 5.78 Å². The zero-order valence-electron chi connectivity index (χ0n) is 10.1. The number of rotatable bonds is 0. The predicted octanol–water partition coefficient (Wildman–Crippen LogP) is 1.33. The zero-order chi connectivity index (χ0) is 12.8. The Hall–Kier alpha value is -2.55. The van der Waals surface area contributed by atoms with Crippen LogP contribution in [0.3, 0.4) is 0 Å². The smallest absolute Gasteiger partial charge is 0.163 e. The lowest BCUT2D eigenvalue weighted by Gasteiger charge is -2.20. The predicted molar refractivity (Wildman–Crippen MR) is 70.8 cm³/mol. The van der Waals surface area contributed by atoms with E-state index in [-0.39, 0.29) is 5.78 Å². The molecule has 3 nitrogen and oxygen atoms in total. The molecule has 1 aromatic carbocycles. The molecule has 19 heavy (non-hydrogen) atoms. The van der Waals surface area contributed by atoms with Crippen LogP contribution >= 0.6 is 0 Å². The Morgan fingerprint density at radius 2 is 1.95 bits per heavy atom. The molecule has 0 radical (unpaired) electrons. The van der Waals surface area contributed by atoms with Crippen molar-refractivity contribution in [1.82, 2.24) is 0 Å². The molecular formula is C16H10O3. The lowest BCUT2D eigenvalue weighted by atomic mass is 9.99. The number of allylic oxidation sites excluding steroid dienone is 4. The van der Waals surface area contributed by atoms with Crippen molar-refractivity contribution in [3.63, 3.8) is 0 Å². The van der Waals surface area contributed by atoms with Gasteiger partial charge in [-0.05, 0) is 30.4 Å². The van der Waals surface area contributed by atoms with Crippen molar-refractivity contribution in [2.24, 2.45) is 0 Å². The van der Waals surface area contributed by atoms with Crippen molar-refractivity contribution in [3.8, 4) is 11.5 Å². The van der Waals surface area contributed by atoms with E-state index < -0.39 is 0 Å². The van der Waals surface area contributed by atoms with Crippen LogP contribution < -0.4 is 19.9 Å². The molecule has 92 valence electrons. The number of carbonyl (C=O) groups is 1. The third-order valence-electron chi connectivity index (χ3n) is 3.36. The fourth-order valence-corrected chi connectivity index (χ4v) is 2.45. The summed E-state index contributed by atoms with van der Waals surface area (Å²) in [6.07, 6.45) is 11.5. The summed E-state index contributed by atoms with van der Waals surface area (Å²) >= 11 is 0. The summed E-state index contributed by atoms with van der Waals surface area (Å²) in [6, 6.07) is 3.75. The maximum Gasteiger partial charge on any atom is 0.163 e. The molecule has 0 aromatic heterocycles. The van der Waals surface area contributed by atoms with E-state index in [1.165, 1.54) is 0 Å². The minimum Gasteiger partial charge on any atom is -0.464 e. The van der Waals surface area contributed by atoms with Crippen LogP contribution in [0, 0.1) is 0 Å². The first-order chi connectivity index (χ1) is 9.31. The Kier molecular flexibility index (Phi) is 2.03. The van der Waals surface area contributed by atoms with E-state index in [0.717, 1.165) is 27.5 Å². The largest absolute Gasteiger partial charge is 0.464 e. The molecular weight excluding hydrogens is 240 g/mol. The van der Waals surface area contributed by atoms with Gasteiger partial charge in [-0.2, -0.15) is 0 Å². The zero-order valence-corrected chi connectivity index (χ0v) is 10.1. The molecule has 0 fully saturated rings. The molecule has 0 N–H and O–H groups in total. The SMILES string of the molecule is O=C1C=C2Oc3ccc4c(c3=CC2=CC1)=CC=CO4. The molecule has 0 saturated carbocycles. The topological polar surface area (TPSA) is 35.5 Å². The van der Waals surface area contributed by atoms with Gasteiger partial charge in [0, 0.05) is 28.5 Å². The highest BCUT2D eigenvalue weighted by Gasteiger charge is 2.19. The second kappa shape index (κ2) is 3.72. The van der Waals surface area contributed by atoms with Crippen molar-refractivity contribution in [2.45, 2.75) is 6.42 Å². The molecule has 3 heteroatoms.